The third-order valence-corrected chi connectivity index (χ3v) is 3.78. The molecular formula is C19H28O3. The number of hydrogen-bond acceptors (Lipinski definition) is 3. The molecule has 3 nitrogen and oxygen atoms in total. The standard InChI is InChI=1S/C19H28O3/c1-7-8-9-16(20)22-19(12(2)3)18(21)17-14(5)10-13(4)11-15(17)6/h10-12,19H,7-9H2,1-6H3. The van der Waals surface area contributed by atoms with E-state index < -0.39 is 6.10 Å². The molecule has 1 atom stereocenters. The Morgan fingerprint density at radius 1 is 1.09 bits per heavy atom. The number of rotatable bonds is 7. The maximum absolute atomic E-state index is 12.9. The highest BCUT2D eigenvalue weighted by Gasteiger charge is 2.29. The lowest BCUT2D eigenvalue weighted by Crippen LogP contribution is -2.33. The highest BCUT2D eigenvalue weighted by molar-refractivity contribution is 6.03. The van der Waals surface area contributed by atoms with Crippen molar-refractivity contribution >= 4 is 11.8 Å². The first-order chi connectivity index (χ1) is 10.3. The van der Waals surface area contributed by atoms with E-state index in [0.29, 0.717) is 12.0 Å². The van der Waals surface area contributed by atoms with Crippen molar-refractivity contribution in [3.63, 3.8) is 0 Å². The van der Waals surface area contributed by atoms with Gasteiger partial charge in [-0.15, -0.1) is 0 Å². The van der Waals surface area contributed by atoms with Gasteiger partial charge in [-0.1, -0.05) is 44.9 Å². The molecule has 0 saturated carbocycles. The van der Waals surface area contributed by atoms with Crippen molar-refractivity contribution < 1.29 is 14.3 Å². The van der Waals surface area contributed by atoms with Gasteiger partial charge >= 0.3 is 5.97 Å². The van der Waals surface area contributed by atoms with Crippen LogP contribution in [0.25, 0.3) is 0 Å². The van der Waals surface area contributed by atoms with Gasteiger partial charge in [-0.2, -0.15) is 0 Å². The zero-order valence-electron chi connectivity index (χ0n) is 14.7. The summed E-state index contributed by atoms with van der Waals surface area (Å²) in [6, 6.07) is 3.99. The molecule has 0 amide bonds. The van der Waals surface area contributed by atoms with Crippen molar-refractivity contribution in [2.24, 2.45) is 5.92 Å². The number of ketones is 1. The first kappa shape index (κ1) is 18.4. The molecule has 0 N–H and O–H groups in total. The molecule has 0 aromatic heterocycles. The normalized spacial score (nSPS) is 12.3. The van der Waals surface area contributed by atoms with Crippen LogP contribution < -0.4 is 0 Å². The molecule has 0 saturated heterocycles. The molecule has 122 valence electrons. The van der Waals surface area contributed by atoms with Gasteiger partial charge in [0.05, 0.1) is 0 Å². The third-order valence-electron chi connectivity index (χ3n) is 3.78. The SMILES string of the molecule is CCCCC(=O)OC(C(=O)c1c(C)cc(C)cc1C)C(C)C. The van der Waals surface area contributed by atoms with E-state index in [2.05, 4.69) is 0 Å². The summed E-state index contributed by atoms with van der Waals surface area (Å²) in [7, 11) is 0. The Morgan fingerprint density at radius 3 is 2.09 bits per heavy atom. The summed E-state index contributed by atoms with van der Waals surface area (Å²) in [5.41, 5.74) is 3.70. The van der Waals surface area contributed by atoms with Gasteiger partial charge in [0.2, 0.25) is 5.78 Å². The minimum absolute atomic E-state index is 0.0434. The predicted molar refractivity (Wildman–Crippen MR) is 89.2 cm³/mol. The molecule has 1 aromatic carbocycles. The van der Waals surface area contributed by atoms with Crippen molar-refractivity contribution in [3.8, 4) is 0 Å². The van der Waals surface area contributed by atoms with Gasteiger partial charge in [0.15, 0.2) is 6.10 Å². The number of aryl methyl sites for hydroxylation is 3. The van der Waals surface area contributed by atoms with Crippen molar-refractivity contribution in [3.05, 3.63) is 34.4 Å². The smallest absolute Gasteiger partial charge is 0.306 e. The van der Waals surface area contributed by atoms with E-state index in [4.69, 9.17) is 4.74 Å². The zero-order chi connectivity index (χ0) is 16.9. The van der Waals surface area contributed by atoms with Gasteiger partial charge in [0.1, 0.15) is 0 Å². The zero-order valence-corrected chi connectivity index (χ0v) is 14.7. The molecule has 22 heavy (non-hydrogen) atoms. The van der Waals surface area contributed by atoms with Crippen LogP contribution in [-0.2, 0) is 9.53 Å². The van der Waals surface area contributed by atoms with Gasteiger partial charge in [-0.3, -0.25) is 9.59 Å². The van der Waals surface area contributed by atoms with Crippen LogP contribution in [0, 0.1) is 26.7 Å². The minimum Gasteiger partial charge on any atom is -0.454 e. The molecule has 0 aliphatic rings. The van der Waals surface area contributed by atoms with E-state index in [-0.39, 0.29) is 17.7 Å². The van der Waals surface area contributed by atoms with E-state index in [1.165, 1.54) is 0 Å². The van der Waals surface area contributed by atoms with Crippen LogP contribution in [0.4, 0.5) is 0 Å². The van der Waals surface area contributed by atoms with Gasteiger partial charge in [-0.25, -0.2) is 0 Å². The summed E-state index contributed by atoms with van der Waals surface area (Å²) in [6.07, 6.45) is 1.40. The molecule has 1 aromatic rings. The minimum atomic E-state index is -0.704. The molecule has 0 aliphatic heterocycles. The maximum atomic E-state index is 12.9. The summed E-state index contributed by atoms with van der Waals surface area (Å²) >= 11 is 0. The topological polar surface area (TPSA) is 43.4 Å². The Labute approximate surface area is 134 Å². The lowest BCUT2D eigenvalue weighted by atomic mass is 9.90. The molecule has 0 fully saturated rings. The number of esters is 1. The Morgan fingerprint density at radius 2 is 1.64 bits per heavy atom. The van der Waals surface area contributed by atoms with Crippen LogP contribution in [-0.4, -0.2) is 17.9 Å². The van der Waals surface area contributed by atoms with Gasteiger partial charge < -0.3 is 4.74 Å². The van der Waals surface area contributed by atoms with Crippen LogP contribution in [0.15, 0.2) is 12.1 Å². The molecule has 0 heterocycles. The molecule has 0 aliphatic carbocycles. The molecule has 0 radical (unpaired) electrons. The first-order valence-corrected chi connectivity index (χ1v) is 8.09. The van der Waals surface area contributed by atoms with E-state index in [9.17, 15) is 9.59 Å². The second-order valence-electron chi connectivity index (χ2n) is 6.40. The fourth-order valence-electron chi connectivity index (χ4n) is 2.72. The van der Waals surface area contributed by atoms with Crippen molar-refractivity contribution in [2.45, 2.75) is 66.9 Å². The van der Waals surface area contributed by atoms with E-state index >= 15 is 0 Å². The van der Waals surface area contributed by atoms with Crippen LogP contribution in [0.5, 0.6) is 0 Å². The number of ether oxygens (including phenoxy) is 1. The highest BCUT2D eigenvalue weighted by Crippen LogP contribution is 2.22. The summed E-state index contributed by atoms with van der Waals surface area (Å²) in [4.78, 5) is 24.8. The monoisotopic (exact) mass is 304 g/mol. The van der Waals surface area contributed by atoms with Gasteiger partial charge in [-0.05, 0) is 44.2 Å². The fourth-order valence-corrected chi connectivity index (χ4v) is 2.72. The molecule has 1 unspecified atom stereocenters. The van der Waals surface area contributed by atoms with Gasteiger partial charge in [0.25, 0.3) is 0 Å². The number of Topliss-reactive ketones (excluding diaryl/α,β-unsaturated/α-hetero) is 1. The third kappa shape index (κ3) is 4.69. The van der Waals surface area contributed by atoms with Crippen LogP contribution in [0.3, 0.4) is 0 Å². The Kier molecular flexibility index (Phi) is 6.79. The first-order valence-electron chi connectivity index (χ1n) is 8.09. The summed E-state index contributed by atoms with van der Waals surface area (Å²) in [5.74, 6) is -0.413. The largest absolute Gasteiger partial charge is 0.454 e. The molecule has 3 heteroatoms. The molecule has 0 bridgehead atoms. The quantitative estimate of drug-likeness (QED) is 0.548. The number of benzene rings is 1. The van der Waals surface area contributed by atoms with Crippen LogP contribution >= 0.6 is 0 Å². The van der Waals surface area contributed by atoms with E-state index in [1.54, 1.807) is 0 Å². The second-order valence-corrected chi connectivity index (χ2v) is 6.40. The lowest BCUT2D eigenvalue weighted by Gasteiger charge is -2.22. The van der Waals surface area contributed by atoms with E-state index in [1.807, 2.05) is 53.7 Å². The van der Waals surface area contributed by atoms with Crippen LogP contribution in [0.2, 0.25) is 0 Å². The summed E-state index contributed by atoms with van der Waals surface area (Å²) in [6.45, 7) is 11.7. The second kappa shape index (κ2) is 8.11. The Balaban J connectivity index is 3.02. The Hall–Kier alpha value is -1.64. The molecule has 1 rings (SSSR count). The van der Waals surface area contributed by atoms with Crippen molar-refractivity contribution in [1.82, 2.24) is 0 Å². The maximum Gasteiger partial charge on any atom is 0.306 e. The van der Waals surface area contributed by atoms with E-state index in [0.717, 1.165) is 29.5 Å². The average molecular weight is 304 g/mol. The lowest BCUT2D eigenvalue weighted by molar-refractivity contribution is -0.148. The summed E-state index contributed by atoms with van der Waals surface area (Å²) in [5, 5.41) is 0. The van der Waals surface area contributed by atoms with Gasteiger partial charge in [0, 0.05) is 12.0 Å². The van der Waals surface area contributed by atoms with Crippen LogP contribution in [0.1, 0.15) is 67.1 Å². The summed E-state index contributed by atoms with van der Waals surface area (Å²) < 4.78 is 5.48. The predicted octanol–water partition coefficient (Wildman–Crippen LogP) is 4.55. The number of unbranched alkanes of at least 4 members (excludes halogenated alkanes) is 1. The molecule has 0 spiro atoms. The van der Waals surface area contributed by atoms with Crippen molar-refractivity contribution in [1.29, 1.82) is 0 Å². The number of carbonyl (C=O) groups excluding carboxylic acids is 2. The highest BCUT2D eigenvalue weighted by atomic mass is 16.5. The number of carbonyl (C=O) groups is 2. The fraction of sp³-hybridized carbons (Fsp3) is 0.579. The molecular weight excluding hydrogens is 276 g/mol. The van der Waals surface area contributed by atoms with Crippen molar-refractivity contribution in [2.75, 3.05) is 0 Å². The Bertz CT molecular complexity index is 521. The number of hydrogen-bond donors (Lipinski definition) is 0. The average Bonchev–Trinajstić information content (AvgIpc) is 2.40.